The first kappa shape index (κ1) is 9.70. The van der Waals surface area contributed by atoms with Crippen molar-refractivity contribution in [2.24, 2.45) is 0 Å². The van der Waals surface area contributed by atoms with E-state index in [1.54, 1.807) is 0 Å². The predicted octanol–water partition coefficient (Wildman–Crippen LogP) is 2.20. The summed E-state index contributed by atoms with van der Waals surface area (Å²) in [5, 5.41) is 0. The average Bonchev–Trinajstić information content (AvgIpc) is 2.17. The van der Waals surface area contributed by atoms with Crippen LogP contribution in [-0.2, 0) is 15.5 Å². The van der Waals surface area contributed by atoms with E-state index in [2.05, 4.69) is 0 Å². The summed E-state index contributed by atoms with van der Waals surface area (Å²) in [6.45, 7) is 5.10. The van der Waals surface area contributed by atoms with Gasteiger partial charge in [-0.1, -0.05) is 18.2 Å². The molecule has 1 atom stereocenters. The monoisotopic (exact) mass is 210 g/mol. The van der Waals surface area contributed by atoms with Gasteiger partial charge >= 0.3 is 8.80 Å². The van der Waals surface area contributed by atoms with Crippen molar-refractivity contribution in [3.05, 3.63) is 29.8 Å². The third-order valence-corrected chi connectivity index (χ3v) is 4.24. The van der Waals surface area contributed by atoms with Gasteiger partial charge in [-0.2, -0.15) is 0 Å². The van der Waals surface area contributed by atoms with Crippen LogP contribution in [0.1, 0.15) is 12.5 Å². The Balaban J connectivity index is 2.20. The lowest BCUT2D eigenvalue weighted by molar-refractivity contribution is 0.0946. The molecular formula is C10H14O3Si. The van der Waals surface area contributed by atoms with Crippen molar-refractivity contribution in [2.45, 2.75) is 20.1 Å². The van der Waals surface area contributed by atoms with Crippen LogP contribution in [-0.4, -0.2) is 15.4 Å². The third-order valence-electron chi connectivity index (χ3n) is 2.16. The Hall–Kier alpha value is -0.843. The summed E-state index contributed by atoms with van der Waals surface area (Å²) in [5.41, 5.74) is 1.09. The highest BCUT2D eigenvalue weighted by Gasteiger charge is 2.40. The van der Waals surface area contributed by atoms with Gasteiger partial charge in [0.05, 0.1) is 6.61 Å². The first-order valence-electron chi connectivity index (χ1n) is 4.78. The summed E-state index contributed by atoms with van der Waals surface area (Å²) in [7, 11) is -2.39. The van der Waals surface area contributed by atoms with Crippen molar-refractivity contribution >= 4 is 8.80 Å². The Bertz CT molecular complexity index is 329. The number of hydrogen-bond donors (Lipinski definition) is 0. The minimum atomic E-state index is -2.39. The van der Waals surface area contributed by atoms with E-state index in [-0.39, 0.29) is 0 Å². The Morgan fingerprint density at radius 3 is 3.00 bits per heavy atom. The molecule has 0 amide bonds. The number of hydrogen-bond acceptors (Lipinski definition) is 3. The van der Waals surface area contributed by atoms with Crippen LogP contribution in [0.4, 0.5) is 0 Å². The van der Waals surface area contributed by atoms with Gasteiger partial charge in [0.2, 0.25) is 0 Å². The third kappa shape index (κ3) is 1.82. The number of benzene rings is 1. The molecule has 1 aromatic carbocycles. The summed E-state index contributed by atoms with van der Waals surface area (Å²) < 4.78 is 16.9. The SMILES string of the molecule is CCO[Si]1(C)OCc2ccccc2O1. The highest BCUT2D eigenvalue weighted by Crippen LogP contribution is 2.28. The van der Waals surface area contributed by atoms with Gasteiger partial charge in [-0.05, 0) is 13.0 Å². The van der Waals surface area contributed by atoms with E-state index >= 15 is 0 Å². The molecule has 1 aromatic rings. The normalized spacial score (nSPS) is 25.3. The molecule has 0 radical (unpaired) electrons. The minimum Gasteiger partial charge on any atom is -0.500 e. The molecule has 4 heteroatoms. The standard InChI is InChI=1S/C10H14O3Si/c1-3-11-14(2)12-8-9-6-4-5-7-10(9)13-14/h4-7H,3,8H2,1-2H3. The van der Waals surface area contributed by atoms with E-state index in [9.17, 15) is 0 Å². The molecule has 0 aliphatic carbocycles. The molecule has 0 aromatic heterocycles. The van der Waals surface area contributed by atoms with E-state index < -0.39 is 8.80 Å². The smallest absolute Gasteiger partial charge is 0.500 e. The van der Waals surface area contributed by atoms with Crippen LogP contribution >= 0.6 is 0 Å². The van der Waals surface area contributed by atoms with Gasteiger partial charge in [0, 0.05) is 18.7 Å². The van der Waals surface area contributed by atoms with Crippen LogP contribution in [0.2, 0.25) is 6.55 Å². The number of para-hydroxylation sites is 1. The van der Waals surface area contributed by atoms with Gasteiger partial charge in [-0.3, -0.25) is 0 Å². The maximum Gasteiger partial charge on any atom is 0.563 e. The quantitative estimate of drug-likeness (QED) is 0.700. The van der Waals surface area contributed by atoms with Gasteiger partial charge < -0.3 is 13.3 Å². The second-order valence-electron chi connectivity index (χ2n) is 3.29. The summed E-state index contributed by atoms with van der Waals surface area (Å²) in [4.78, 5) is 0. The molecule has 3 nitrogen and oxygen atoms in total. The van der Waals surface area contributed by atoms with Crippen LogP contribution in [0.25, 0.3) is 0 Å². The zero-order valence-electron chi connectivity index (χ0n) is 8.45. The zero-order valence-corrected chi connectivity index (χ0v) is 9.45. The fraction of sp³-hybridized carbons (Fsp3) is 0.400. The Morgan fingerprint density at radius 1 is 1.43 bits per heavy atom. The van der Waals surface area contributed by atoms with Gasteiger partial charge in [-0.15, -0.1) is 0 Å². The lowest BCUT2D eigenvalue weighted by Crippen LogP contribution is -2.47. The van der Waals surface area contributed by atoms with E-state index in [0.29, 0.717) is 13.2 Å². The first-order chi connectivity index (χ1) is 6.73. The van der Waals surface area contributed by atoms with Crippen LogP contribution in [0, 0.1) is 0 Å². The lowest BCUT2D eigenvalue weighted by Gasteiger charge is -2.31. The zero-order chi connectivity index (χ0) is 10.0. The van der Waals surface area contributed by atoms with Crippen LogP contribution in [0.5, 0.6) is 5.75 Å². The Morgan fingerprint density at radius 2 is 2.21 bits per heavy atom. The van der Waals surface area contributed by atoms with Crippen molar-refractivity contribution in [1.29, 1.82) is 0 Å². The predicted molar refractivity (Wildman–Crippen MR) is 55.1 cm³/mol. The van der Waals surface area contributed by atoms with E-state index in [1.807, 2.05) is 37.7 Å². The van der Waals surface area contributed by atoms with Crippen LogP contribution in [0.15, 0.2) is 24.3 Å². The number of fused-ring (bicyclic) bond motifs is 1. The topological polar surface area (TPSA) is 27.7 Å². The molecule has 0 N–H and O–H groups in total. The van der Waals surface area contributed by atoms with Crippen molar-refractivity contribution < 1.29 is 13.3 Å². The Labute approximate surface area is 85.0 Å². The summed E-state index contributed by atoms with van der Waals surface area (Å²) >= 11 is 0. The molecular weight excluding hydrogens is 196 g/mol. The first-order valence-corrected chi connectivity index (χ1v) is 7.01. The van der Waals surface area contributed by atoms with Crippen molar-refractivity contribution in [3.63, 3.8) is 0 Å². The van der Waals surface area contributed by atoms with Crippen molar-refractivity contribution in [1.82, 2.24) is 0 Å². The maximum atomic E-state index is 5.75. The molecule has 1 heterocycles. The Kier molecular flexibility index (Phi) is 2.58. The fourth-order valence-corrected chi connectivity index (χ4v) is 3.24. The van der Waals surface area contributed by atoms with Crippen LogP contribution in [0.3, 0.4) is 0 Å². The van der Waals surface area contributed by atoms with E-state index in [4.69, 9.17) is 13.3 Å². The molecule has 0 fully saturated rings. The molecule has 0 spiro atoms. The molecule has 14 heavy (non-hydrogen) atoms. The average molecular weight is 210 g/mol. The second-order valence-corrected chi connectivity index (χ2v) is 5.80. The van der Waals surface area contributed by atoms with Gasteiger partial charge in [-0.25, -0.2) is 0 Å². The molecule has 0 saturated heterocycles. The fourth-order valence-electron chi connectivity index (χ4n) is 1.49. The number of rotatable bonds is 2. The van der Waals surface area contributed by atoms with Crippen molar-refractivity contribution in [2.75, 3.05) is 6.61 Å². The molecule has 0 bridgehead atoms. The van der Waals surface area contributed by atoms with Gasteiger partial charge in [0.15, 0.2) is 0 Å². The maximum absolute atomic E-state index is 5.75. The van der Waals surface area contributed by atoms with Gasteiger partial charge in [0.25, 0.3) is 0 Å². The summed E-state index contributed by atoms with van der Waals surface area (Å²) in [6, 6.07) is 7.92. The largest absolute Gasteiger partial charge is 0.563 e. The second kappa shape index (κ2) is 3.72. The minimum absolute atomic E-state index is 0.596. The van der Waals surface area contributed by atoms with Gasteiger partial charge in [0.1, 0.15) is 5.75 Å². The molecule has 76 valence electrons. The highest BCUT2D eigenvalue weighted by molar-refractivity contribution is 6.60. The summed E-state index contributed by atoms with van der Waals surface area (Å²) in [5.74, 6) is 0.904. The van der Waals surface area contributed by atoms with E-state index in [0.717, 1.165) is 11.3 Å². The lowest BCUT2D eigenvalue weighted by atomic mass is 10.2. The molecule has 0 saturated carbocycles. The molecule has 1 aliphatic heterocycles. The van der Waals surface area contributed by atoms with E-state index in [1.165, 1.54) is 0 Å². The summed E-state index contributed by atoms with van der Waals surface area (Å²) in [6.07, 6.45) is 0. The highest BCUT2D eigenvalue weighted by atomic mass is 28.4. The van der Waals surface area contributed by atoms with Crippen molar-refractivity contribution in [3.8, 4) is 5.75 Å². The molecule has 1 aliphatic rings. The molecule has 1 unspecified atom stereocenters. The van der Waals surface area contributed by atoms with Crippen LogP contribution < -0.4 is 4.43 Å². The molecule has 2 rings (SSSR count).